The fourth-order valence-corrected chi connectivity index (χ4v) is 2.81. The van der Waals surface area contributed by atoms with Gasteiger partial charge in [0.15, 0.2) is 0 Å². The van der Waals surface area contributed by atoms with Gasteiger partial charge in [-0.1, -0.05) is 0 Å². The first-order valence-electron chi connectivity index (χ1n) is 7.65. The monoisotopic (exact) mass is 380 g/mol. The lowest BCUT2D eigenvalue weighted by Crippen LogP contribution is -2.22. The first-order valence-corrected chi connectivity index (χ1v) is 8.17. The molecule has 2 N–H and O–H groups in total. The molecule has 3 rings (SSSR count). The van der Waals surface area contributed by atoms with Crippen molar-refractivity contribution in [1.82, 2.24) is 0 Å². The van der Waals surface area contributed by atoms with Gasteiger partial charge in [0.05, 0.1) is 0 Å². The highest BCUT2D eigenvalue weighted by Gasteiger charge is 2.28. The molecule has 0 amide bonds. The SMILES string of the molecule is CC(F)(F)c1cc(=O)oc2ccc(NC(S)Nc3ccc(F)cc3)cc12. The third kappa shape index (κ3) is 4.13. The van der Waals surface area contributed by atoms with E-state index in [1.54, 1.807) is 18.2 Å². The van der Waals surface area contributed by atoms with Crippen molar-refractivity contribution in [3.8, 4) is 0 Å². The van der Waals surface area contributed by atoms with E-state index >= 15 is 0 Å². The number of benzene rings is 2. The second-order valence-corrected chi connectivity index (χ2v) is 6.29. The van der Waals surface area contributed by atoms with Crippen molar-refractivity contribution in [1.29, 1.82) is 0 Å². The van der Waals surface area contributed by atoms with Gasteiger partial charge in [0.1, 0.15) is 16.9 Å². The van der Waals surface area contributed by atoms with Crippen LogP contribution in [0.25, 0.3) is 11.0 Å². The van der Waals surface area contributed by atoms with E-state index in [1.807, 2.05) is 0 Å². The number of thiol groups is 1. The van der Waals surface area contributed by atoms with Gasteiger partial charge < -0.3 is 15.1 Å². The highest BCUT2D eigenvalue weighted by atomic mass is 32.1. The fourth-order valence-electron chi connectivity index (χ4n) is 2.51. The summed E-state index contributed by atoms with van der Waals surface area (Å²) < 4.78 is 45.5. The summed E-state index contributed by atoms with van der Waals surface area (Å²) in [7, 11) is 0. The molecular weight excluding hydrogens is 365 g/mol. The third-order valence-electron chi connectivity index (χ3n) is 3.67. The van der Waals surface area contributed by atoms with Crippen LogP contribution in [0.15, 0.2) is 57.7 Å². The zero-order chi connectivity index (χ0) is 18.9. The van der Waals surface area contributed by atoms with Gasteiger partial charge in [0.2, 0.25) is 0 Å². The summed E-state index contributed by atoms with van der Waals surface area (Å²) in [5.41, 5.74) is -0.617. The second-order valence-electron chi connectivity index (χ2n) is 5.78. The molecule has 0 aliphatic rings. The van der Waals surface area contributed by atoms with Crippen molar-refractivity contribution in [3.05, 3.63) is 70.3 Å². The molecule has 4 nitrogen and oxygen atoms in total. The summed E-state index contributed by atoms with van der Waals surface area (Å²) in [6.45, 7) is 0.721. The van der Waals surface area contributed by atoms with Crippen LogP contribution in [0.1, 0.15) is 12.5 Å². The maximum absolute atomic E-state index is 13.8. The van der Waals surface area contributed by atoms with Gasteiger partial charge in [-0.25, -0.2) is 18.0 Å². The van der Waals surface area contributed by atoms with Crippen LogP contribution in [0.5, 0.6) is 0 Å². The molecule has 2 aromatic carbocycles. The largest absolute Gasteiger partial charge is 0.423 e. The van der Waals surface area contributed by atoms with E-state index in [4.69, 9.17) is 4.42 Å². The Labute approximate surface area is 152 Å². The van der Waals surface area contributed by atoms with Gasteiger partial charge >= 0.3 is 5.63 Å². The van der Waals surface area contributed by atoms with Crippen molar-refractivity contribution < 1.29 is 17.6 Å². The van der Waals surface area contributed by atoms with Crippen LogP contribution in [0, 0.1) is 5.82 Å². The van der Waals surface area contributed by atoms with Crippen LogP contribution in [0.4, 0.5) is 24.5 Å². The Kier molecular flexibility index (Phi) is 4.86. The Morgan fingerprint density at radius 2 is 1.65 bits per heavy atom. The minimum Gasteiger partial charge on any atom is -0.423 e. The number of nitrogens with one attached hydrogen (secondary N) is 2. The standard InChI is InChI=1S/C18H15F3N2O2S/c1-18(20,21)14-9-16(24)25-15-7-6-12(8-13(14)15)23-17(26)22-11-4-2-10(19)3-5-11/h2-9,17,22-23,26H,1H3. The van der Waals surface area contributed by atoms with Crippen LogP contribution in [0.3, 0.4) is 0 Å². The summed E-state index contributed by atoms with van der Waals surface area (Å²) in [4.78, 5) is 11.5. The zero-order valence-corrected chi connectivity index (χ0v) is 14.5. The highest BCUT2D eigenvalue weighted by Crippen LogP contribution is 2.33. The van der Waals surface area contributed by atoms with E-state index in [2.05, 4.69) is 23.3 Å². The maximum atomic E-state index is 13.8. The summed E-state index contributed by atoms with van der Waals surface area (Å²) >= 11 is 4.33. The first kappa shape index (κ1) is 18.2. The zero-order valence-electron chi connectivity index (χ0n) is 13.6. The third-order valence-corrected chi connectivity index (χ3v) is 3.92. The molecule has 1 heterocycles. The molecule has 1 unspecified atom stereocenters. The lowest BCUT2D eigenvalue weighted by molar-refractivity contribution is 0.0186. The molecule has 1 atom stereocenters. The van der Waals surface area contributed by atoms with Crippen LogP contribution in [0.2, 0.25) is 0 Å². The smallest absolute Gasteiger partial charge is 0.336 e. The van der Waals surface area contributed by atoms with Crippen LogP contribution in [-0.2, 0) is 5.92 Å². The van der Waals surface area contributed by atoms with Crippen LogP contribution < -0.4 is 16.3 Å². The Hall–Kier alpha value is -2.61. The minimum atomic E-state index is -3.19. The topological polar surface area (TPSA) is 54.3 Å². The van der Waals surface area contributed by atoms with Crippen LogP contribution >= 0.6 is 12.6 Å². The molecule has 0 spiro atoms. The van der Waals surface area contributed by atoms with Gasteiger partial charge in [-0.15, -0.1) is 12.6 Å². The predicted molar refractivity (Wildman–Crippen MR) is 98.5 cm³/mol. The van der Waals surface area contributed by atoms with E-state index in [0.717, 1.165) is 13.0 Å². The predicted octanol–water partition coefficient (Wildman–Crippen LogP) is 4.78. The lowest BCUT2D eigenvalue weighted by Gasteiger charge is -2.18. The average molecular weight is 380 g/mol. The normalized spacial score (nSPS) is 12.8. The first-order chi connectivity index (χ1) is 12.2. The molecule has 26 heavy (non-hydrogen) atoms. The Morgan fingerprint density at radius 3 is 2.31 bits per heavy atom. The van der Waals surface area contributed by atoms with E-state index in [0.29, 0.717) is 11.4 Å². The molecule has 136 valence electrons. The van der Waals surface area contributed by atoms with Crippen LogP contribution in [-0.4, -0.2) is 5.50 Å². The number of hydrogen-bond acceptors (Lipinski definition) is 5. The Bertz CT molecular complexity index is 984. The van der Waals surface area contributed by atoms with E-state index < -0.39 is 22.6 Å². The van der Waals surface area contributed by atoms with Gasteiger partial charge in [0, 0.05) is 35.3 Å². The Balaban J connectivity index is 1.87. The second kappa shape index (κ2) is 6.95. The quantitative estimate of drug-likeness (QED) is 0.339. The number of fused-ring (bicyclic) bond motifs is 1. The Morgan fingerprint density at radius 1 is 1.04 bits per heavy atom. The van der Waals surface area contributed by atoms with Crippen molar-refractivity contribution >= 4 is 35.0 Å². The average Bonchev–Trinajstić information content (AvgIpc) is 2.55. The highest BCUT2D eigenvalue weighted by molar-refractivity contribution is 7.81. The van der Waals surface area contributed by atoms with Gasteiger partial charge in [-0.05, 0) is 42.5 Å². The fraction of sp³-hybridized carbons (Fsp3) is 0.167. The molecule has 0 saturated heterocycles. The van der Waals surface area contributed by atoms with E-state index in [-0.39, 0.29) is 16.8 Å². The number of rotatable bonds is 5. The molecule has 0 aliphatic heterocycles. The summed E-state index contributed by atoms with van der Waals surface area (Å²) in [5.74, 6) is -3.55. The molecule has 8 heteroatoms. The summed E-state index contributed by atoms with van der Waals surface area (Å²) in [5, 5.41) is 6.10. The van der Waals surface area contributed by atoms with Crippen molar-refractivity contribution in [2.45, 2.75) is 18.3 Å². The minimum absolute atomic E-state index is 0.0711. The number of anilines is 2. The van der Waals surface area contributed by atoms with Gasteiger partial charge in [-0.2, -0.15) is 0 Å². The molecule has 3 aromatic rings. The number of hydrogen-bond donors (Lipinski definition) is 3. The van der Waals surface area contributed by atoms with Gasteiger partial charge in [-0.3, -0.25) is 0 Å². The molecule has 1 aromatic heterocycles. The summed E-state index contributed by atoms with van der Waals surface area (Å²) in [6, 6.07) is 11.0. The van der Waals surface area contributed by atoms with E-state index in [9.17, 15) is 18.0 Å². The molecule has 0 bridgehead atoms. The summed E-state index contributed by atoms with van der Waals surface area (Å²) in [6.07, 6.45) is 0. The molecule has 0 fully saturated rings. The molecule has 0 saturated carbocycles. The van der Waals surface area contributed by atoms with Crippen molar-refractivity contribution in [2.24, 2.45) is 0 Å². The maximum Gasteiger partial charge on any atom is 0.336 e. The lowest BCUT2D eigenvalue weighted by atomic mass is 10.0. The van der Waals surface area contributed by atoms with E-state index in [1.165, 1.54) is 24.3 Å². The van der Waals surface area contributed by atoms with Crippen molar-refractivity contribution in [2.75, 3.05) is 10.6 Å². The molecule has 0 radical (unpaired) electrons. The number of halogens is 3. The van der Waals surface area contributed by atoms with Crippen molar-refractivity contribution in [3.63, 3.8) is 0 Å². The number of alkyl halides is 2. The van der Waals surface area contributed by atoms with Gasteiger partial charge in [0.25, 0.3) is 5.92 Å². The molecule has 0 aliphatic carbocycles. The molecular formula is C18H15F3N2O2S.